The topological polar surface area (TPSA) is 80.0 Å². The number of carbonyl (C=O) groups is 1. The SMILES string of the molecule is Cc1nn(C)cc1Nc1cnccc1C(=O)O. The third-order valence-electron chi connectivity index (χ3n) is 2.33. The Balaban J connectivity index is 2.36. The third-order valence-corrected chi connectivity index (χ3v) is 2.33. The highest BCUT2D eigenvalue weighted by molar-refractivity contribution is 5.94. The van der Waals surface area contributed by atoms with Crippen molar-refractivity contribution in [2.45, 2.75) is 6.92 Å². The van der Waals surface area contributed by atoms with Gasteiger partial charge in [-0.25, -0.2) is 4.79 Å². The van der Waals surface area contributed by atoms with E-state index < -0.39 is 5.97 Å². The number of rotatable bonds is 3. The zero-order chi connectivity index (χ0) is 12.4. The van der Waals surface area contributed by atoms with Gasteiger partial charge in [-0.1, -0.05) is 0 Å². The van der Waals surface area contributed by atoms with Crippen molar-refractivity contribution < 1.29 is 9.90 Å². The predicted molar refractivity (Wildman–Crippen MR) is 62.4 cm³/mol. The number of nitrogens with zero attached hydrogens (tertiary/aromatic N) is 3. The van der Waals surface area contributed by atoms with Crippen LogP contribution in [0.15, 0.2) is 24.7 Å². The molecule has 6 nitrogen and oxygen atoms in total. The molecular formula is C11H12N4O2. The third kappa shape index (κ3) is 2.25. The summed E-state index contributed by atoms with van der Waals surface area (Å²) < 4.78 is 1.66. The van der Waals surface area contributed by atoms with Gasteiger partial charge in [0.15, 0.2) is 0 Å². The van der Waals surface area contributed by atoms with Crippen molar-refractivity contribution in [2.24, 2.45) is 7.05 Å². The molecule has 0 aliphatic rings. The molecule has 0 bridgehead atoms. The van der Waals surface area contributed by atoms with Gasteiger partial charge in [0.2, 0.25) is 0 Å². The molecule has 0 amide bonds. The molecule has 0 fully saturated rings. The number of hydrogen-bond acceptors (Lipinski definition) is 4. The van der Waals surface area contributed by atoms with Crippen LogP contribution in [0.3, 0.4) is 0 Å². The molecule has 6 heteroatoms. The van der Waals surface area contributed by atoms with Crippen LogP contribution < -0.4 is 5.32 Å². The summed E-state index contributed by atoms with van der Waals surface area (Å²) in [6.07, 6.45) is 4.72. The van der Waals surface area contributed by atoms with Crippen LogP contribution in [-0.4, -0.2) is 25.8 Å². The maximum atomic E-state index is 11.0. The number of anilines is 2. The normalized spacial score (nSPS) is 10.2. The second-order valence-corrected chi connectivity index (χ2v) is 3.65. The maximum Gasteiger partial charge on any atom is 0.337 e. The van der Waals surface area contributed by atoms with Crippen LogP contribution in [0.5, 0.6) is 0 Å². The first kappa shape index (κ1) is 11.1. The van der Waals surface area contributed by atoms with Gasteiger partial charge in [-0.05, 0) is 13.0 Å². The monoisotopic (exact) mass is 232 g/mol. The fourth-order valence-electron chi connectivity index (χ4n) is 1.55. The Morgan fingerprint density at radius 3 is 2.82 bits per heavy atom. The van der Waals surface area contributed by atoms with Crippen LogP contribution in [0.1, 0.15) is 16.1 Å². The van der Waals surface area contributed by atoms with Crippen LogP contribution >= 0.6 is 0 Å². The molecule has 0 aliphatic carbocycles. The summed E-state index contributed by atoms with van der Waals surface area (Å²) in [5, 5.41) is 16.2. The van der Waals surface area contributed by atoms with Gasteiger partial charge in [0.1, 0.15) is 0 Å². The Morgan fingerprint density at radius 1 is 1.47 bits per heavy atom. The first-order valence-corrected chi connectivity index (χ1v) is 5.02. The van der Waals surface area contributed by atoms with Crippen molar-refractivity contribution in [1.82, 2.24) is 14.8 Å². The van der Waals surface area contributed by atoms with E-state index in [1.807, 2.05) is 6.92 Å². The molecule has 2 aromatic rings. The molecule has 2 heterocycles. The van der Waals surface area contributed by atoms with Crippen molar-refractivity contribution >= 4 is 17.3 Å². The zero-order valence-electron chi connectivity index (χ0n) is 9.51. The number of aryl methyl sites for hydroxylation is 2. The number of aromatic nitrogens is 3. The Bertz CT molecular complexity index is 562. The molecular weight excluding hydrogens is 220 g/mol. The second-order valence-electron chi connectivity index (χ2n) is 3.65. The minimum Gasteiger partial charge on any atom is -0.478 e. The van der Waals surface area contributed by atoms with Crippen molar-refractivity contribution in [2.75, 3.05) is 5.32 Å². The lowest BCUT2D eigenvalue weighted by Gasteiger charge is -2.07. The summed E-state index contributed by atoms with van der Waals surface area (Å²) in [5.74, 6) is -0.989. The molecule has 17 heavy (non-hydrogen) atoms. The van der Waals surface area contributed by atoms with E-state index in [1.54, 1.807) is 17.9 Å². The first-order chi connectivity index (χ1) is 8.08. The summed E-state index contributed by atoms with van der Waals surface area (Å²) in [5.41, 5.74) is 2.20. The van der Waals surface area contributed by atoms with E-state index in [-0.39, 0.29) is 5.56 Å². The van der Waals surface area contributed by atoms with Gasteiger partial charge < -0.3 is 10.4 Å². The van der Waals surface area contributed by atoms with Crippen LogP contribution in [0, 0.1) is 6.92 Å². The van der Waals surface area contributed by atoms with E-state index in [1.165, 1.54) is 18.5 Å². The molecule has 0 unspecified atom stereocenters. The molecule has 2 N–H and O–H groups in total. The Hall–Kier alpha value is -2.37. The number of pyridine rings is 1. The van der Waals surface area contributed by atoms with Gasteiger partial charge in [0.25, 0.3) is 0 Å². The van der Waals surface area contributed by atoms with E-state index in [4.69, 9.17) is 5.11 Å². The quantitative estimate of drug-likeness (QED) is 0.839. The Kier molecular flexibility index (Phi) is 2.78. The molecule has 0 spiro atoms. The van der Waals surface area contributed by atoms with Gasteiger partial charge in [0, 0.05) is 19.4 Å². The van der Waals surface area contributed by atoms with E-state index in [0.717, 1.165) is 11.4 Å². The van der Waals surface area contributed by atoms with Gasteiger partial charge in [-0.3, -0.25) is 9.67 Å². The summed E-state index contributed by atoms with van der Waals surface area (Å²) in [6.45, 7) is 1.85. The molecule has 0 atom stereocenters. The molecule has 2 rings (SSSR count). The van der Waals surface area contributed by atoms with E-state index in [9.17, 15) is 4.79 Å². The molecule has 0 aromatic carbocycles. The van der Waals surface area contributed by atoms with Gasteiger partial charge >= 0.3 is 5.97 Å². The van der Waals surface area contributed by atoms with Gasteiger partial charge in [0.05, 0.1) is 28.8 Å². The lowest BCUT2D eigenvalue weighted by Crippen LogP contribution is -2.03. The van der Waals surface area contributed by atoms with Crippen LogP contribution in [0.25, 0.3) is 0 Å². The highest BCUT2D eigenvalue weighted by Gasteiger charge is 2.11. The van der Waals surface area contributed by atoms with Gasteiger partial charge in [-0.15, -0.1) is 0 Å². The highest BCUT2D eigenvalue weighted by Crippen LogP contribution is 2.21. The molecule has 2 aromatic heterocycles. The zero-order valence-corrected chi connectivity index (χ0v) is 9.51. The minimum atomic E-state index is -0.989. The summed E-state index contributed by atoms with van der Waals surface area (Å²) in [6, 6.07) is 1.45. The van der Waals surface area contributed by atoms with E-state index >= 15 is 0 Å². The van der Waals surface area contributed by atoms with Crippen LogP contribution in [-0.2, 0) is 7.05 Å². The average Bonchev–Trinajstić information content (AvgIpc) is 2.58. The smallest absolute Gasteiger partial charge is 0.337 e. The van der Waals surface area contributed by atoms with Crippen LogP contribution in [0.4, 0.5) is 11.4 Å². The van der Waals surface area contributed by atoms with Crippen molar-refractivity contribution in [3.05, 3.63) is 35.9 Å². The average molecular weight is 232 g/mol. The number of nitrogens with one attached hydrogen (secondary N) is 1. The summed E-state index contributed by atoms with van der Waals surface area (Å²) in [4.78, 5) is 14.9. The van der Waals surface area contributed by atoms with E-state index in [0.29, 0.717) is 5.69 Å². The van der Waals surface area contributed by atoms with Crippen molar-refractivity contribution in [3.63, 3.8) is 0 Å². The number of hydrogen-bond donors (Lipinski definition) is 2. The molecule has 0 radical (unpaired) electrons. The van der Waals surface area contributed by atoms with E-state index in [2.05, 4.69) is 15.4 Å². The maximum absolute atomic E-state index is 11.0. The molecule has 0 aliphatic heterocycles. The number of carboxylic acid groups (broad SMARTS) is 1. The predicted octanol–water partition coefficient (Wildman–Crippen LogP) is 1.57. The largest absolute Gasteiger partial charge is 0.478 e. The van der Waals surface area contributed by atoms with Gasteiger partial charge in [-0.2, -0.15) is 5.10 Å². The fourth-order valence-corrected chi connectivity index (χ4v) is 1.55. The Morgan fingerprint density at radius 2 is 2.24 bits per heavy atom. The van der Waals surface area contributed by atoms with Crippen molar-refractivity contribution in [1.29, 1.82) is 0 Å². The van der Waals surface area contributed by atoms with Crippen molar-refractivity contribution in [3.8, 4) is 0 Å². The lowest BCUT2D eigenvalue weighted by molar-refractivity contribution is 0.0698. The molecule has 88 valence electrons. The standard InChI is InChI=1S/C11H12N4O2/c1-7-10(6-15(2)14-7)13-9-5-12-4-3-8(9)11(16)17/h3-6,13H,1-2H3,(H,16,17). The van der Waals surface area contributed by atoms with Crippen LogP contribution in [0.2, 0.25) is 0 Å². The lowest BCUT2D eigenvalue weighted by atomic mass is 10.2. The fraction of sp³-hybridized carbons (Fsp3) is 0.182. The summed E-state index contributed by atoms with van der Waals surface area (Å²) >= 11 is 0. The summed E-state index contributed by atoms with van der Waals surface area (Å²) in [7, 11) is 1.81. The minimum absolute atomic E-state index is 0.184. The molecule has 0 saturated heterocycles. The second kappa shape index (κ2) is 4.25. The Labute approximate surface area is 97.9 Å². The number of carboxylic acids is 1. The molecule has 0 saturated carbocycles. The highest BCUT2D eigenvalue weighted by atomic mass is 16.4. The number of aromatic carboxylic acids is 1. The first-order valence-electron chi connectivity index (χ1n) is 5.02.